The van der Waals surface area contributed by atoms with Gasteiger partial charge in [-0.1, -0.05) is 26.0 Å². The highest BCUT2D eigenvalue weighted by Crippen LogP contribution is 2.41. The summed E-state index contributed by atoms with van der Waals surface area (Å²) in [6.45, 7) is 6.32. The van der Waals surface area contributed by atoms with E-state index in [0.717, 1.165) is 34.6 Å². The highest BCUT2D eigenvalue weighted by atomic mass is 32.1. The third-order valence-corrected chi connectivity index (χ3v) is 5.59. The van der Waals surface area contributed by atoms with Crippen molar-refractivity contribution in [1.82, 2.24) is 9.97 Å². The summed E-state index contributed by atoms with van der Waals surface area (Å²) in [6.07, 6.45) is 3.51. The number of aromatic nitrogens is 2. The summed E-state index contributed by atoms with van der Waals surface area (Å²) >= 11 is 1.80. The summed E-state index contributed by atoms with van der Waals surface area (Å²) < 4.78 is 6.15. The minimum absolute atomic E-state index is 0.525. The van der Waals surface area contributed by atoms with Gasteiger partial charge in [0.15, 0.2) is 0 Å². The van der Waals surface area contributed by atoms with Gasteiger partial charge in [-0.05, 0) is 55.4 Å². The van der Waals surface area contributed by atoms with Crippen LogP contribution in [0.2, 0.25) is 0 Å². The molecule has 3 nitrogen and oxygen atoms in total. The number of rotatable bonds is 3. The predicted molar refractivity (Wildman–Crippen MR) is 94.8 cm³/mol. The second-order valence-electron chi connectivity index (χ2n) is 6.44. The summed E-state index contributed by atoms with van der Waals surface area (Å²) in [5, 5.41) is 1.13. The van der Waals surface area contributed by atoms with Crippen molar-refractivity contribution in [3.8, 4) is 11.6 Å². The minimum atomic E-state index is 0.525. The van der Waals surface area contributed by atoms with E-state index in [9.17, 15) is 0 Å². The van der Waals surface area contributed by atoms with E-state index in [1.807, 2.05) is 19.1 Å². The van der Waals surface area contributed by atoms with E-state index in [2.05, 4.69) is 35.9 Å². The number of hydrogen-bond donors (Lipinski definition) is 0. The Kier molecular flexibility index (Phi) is 3.57. The average Bonchev–Trinajstić information content (AvgIpc) is 3.07. The molecule has 0 spiro atoms. The third kappa shape index (κ3) is 2.61. The van der Waals surface area contributed by atoms with Crippen molar-refractivity contribution in [3.05, 3.63) is 46.1 Å². The Morgan fingerprint density at radius 3 is 2.61 bits per heavy atom. The Morgan fingerprint density at radius 2 is 1.87 bits per heavy atom. The van der Waals surface area contributed by atoms with Crippen LogP contribution in [0.4, 0.5) is 0 Å². The van der Waals surface area contributed by atoms with Crippen LogP contribution in [0.3, 0.4) is 0 Å². The van der Waals surface area contributed by atoms with Gasteiger partial charge in [0.2, 0.25) is 5.88 Å². The van der Waals surface area contributed by atoms with E-state index in [-0.39, 0.29) is 0 Å². The summed E-state index contributed by atoms with van der Waals surface area (Å²) in [5.41, 5.74) is 2.72. The summed E-state index contributed by atoms with van der Waals surface area (Å²) in [4.78, 5) is 11.7. The smallest absolute Gasteiger partial charge is 0.231 e. The van der Waals surface area contributed by atoms with Crippen molar-refractivity contribution in [1.29, 1.82) is 0 Å². The van der Waals surface area contributed by atoms with E-state index in [1.54, 1.807) is 11.3 Å². The molecule has 0 radical (unpaired) electrons. The summed E-state index contributed by atoms with van der Waals surface area (Å²) in [6, 6.07) is 8.32. The first-order valence-electron chi connectivity index (χ1n) is 8.18. The van der Waals surface area contributed by atoms with E-state index in [1.165, 1.54) is 22.4 Å². The van der Waals surface area contributed by atoms with Gasteiger partial charge in [0.05, 0.1) is 5.39 Å². The molecule has 2 aromatic heterocycles. The highest BCUT2D eigenvalue weighted by molar-refractivity contribution is 7.19. The van der Waals surface area contributed by atoms with Gasteiger partial charge in [0.1, 0.15) is 16.4 Å². The number of thiophene rings is 1. The molecule has 4 rings (SSSR count). The van der Waals surface area contributed by atoms with E-state index < -0.39 is 0 Å². The Hall–Kier alpha value is -1.94. The lowest BCUT2D eigenvalue weighted by Crippen LogP contribution is -1.95. The van der Waals surface area contributed by atoms with Crippen molar-refractivity contribution >= 4 is 21.6 Å². The van der Waals surface area contributed by atoms with E-state index >= 15 is 0 Å². The minimum Gasteiger partial charge on any atom is -0.438 e. The van der Waals surface area contributed by atoms with Gasteiger partial charge in [0, 0.05) is 4.88 Å². The molecule has 0 unspecified atom stereocenters. The number of nitrogens with zero attached hydrogens (tertiary/aromatic N) is 2. The number of benzene rings is 1. The fourth-order valence-electron chi connectivity index (χ4n) is 3.17. The lowest BCUT2D eigenvalue weighted by molar-refractivity contribution is 0.466. The maximum atomic E-state index is 6.15. The van der Waals surface area contributed by atoms with Crippen molar-refractivity contribution in [2.45, 2.75) is 46.0 Å². The second-order valence-corrected chi connectivity index (χ2v) is 7.52. The molecule has 1 aromatic carbocycles. The molecule has 23 heavy (non-hydrogen) atoms. The molecule has 3 aromatic rings. The predicted octanol–water partition coefficient (Wildman–Crippen LogP) is 5.40. The first-order valence-corrected chi connectivity index (χ1v) is 9.00. The molecule has 0 fully saturated rings. The number of ether oxygens (including phenoxy) is 1. The van der Waals surface area contributed by atoms with Crippen LogP contribution in [-0.4, -0.2) is 9.97 Å². The zero-order chi connectivity index (χ0) is 16.0. The number of aryl methyl sites for hydroxylation is 3. The maximum absolute atomic E-state index is 6.15. The molecule has 0 bridgehead atoms. The zero-order valence-electron chi connectivity index (χ0n) is 13.7. The number of hydrogen-bond acceptors (Lipinski definition) is 4. The van der Waals surface area contributed by atoms with Crippen LogP contribution >= 0.6 is 11.3 Å². The molecule has 0 N–H and O–H groups in total. The van der Waals surface area contributed by atoms with Crippen LogP contribution < -0.4 is 4.74 Å². The lowest BCUT2D eigenvalue weighted by atomic mass is 10.0. The van der Waals surface area contributed by atoms with Gasteiger partial charge >= 0.3 is 0 Å². The Labute approximate surface area is 140 Å². The molecule has 118 valence electrons. The molecule has 0 saturated carbocycles. The molecule has 1 aliphatic carbocycles. The monoisotopic (exact) mass is 324 g/mol. The van der Waals surface area contributed by atoms with Gasteiger partial charge < -0.3 is 4.74 Å². The Morgan fingerprint density at radius 1 is 1.09 bits per heavy atom. The van der Waals surface area contributed by atoms with Crippen molar-refractivity contribution in [3.63, 3.8) is 0 Å². The largest absolute Gasteiger partial charge is 0.438 e. The van der Waals surface area contributed by atoms with Crippen LogP contribution in [0.25, 0.3) is 10.2 Å². The Bertz CT molecular complexity index is 865. The van der Waals surface area contributed by atoms with Crippen molar-refractivity contribution in [2.75, 3.05) is 0 Å². The van der Waals surface area contributed by atoms with Gasteiger partial charge in [-0.25, -0.2) is 4.98 Å². The molecule has 0 aliphatic heterocycles. The van der Waals surface area contributed by atoms with Gasteiger partial charge in [-0.2, -0.15) is 4.98 Å². The molecule has 2 heterocycles. The zero-order valence-corrected chi connectivity index (χ0v) is 14.5. The first kappa shape index (κ1) is 14.6. The van der Waals surface area contributed by atoms with Crippen LogP contribution in [0.5, 0.6) is 11.6 Å². The Balaban J connectivity index is 1.76. The maximum Gasteiger partial charge on any atom is 0.231 e. The standard InChI is InChI=1S/C19H20N2OS/c1-11(2)13-7-9-14(10-8-13)22-18-17-15-5-4-6-16(15)23-19(17)21-12(3)20-18/h7-11H,4-6H2,1-3H3. The fraction of sp³-hybridized carbons (Fsp3) is 0.368. The first-order chi connectivity index (χ1) is 11.1. The average molecular weight is 324 g/mol. The topological polar surface area (TPSA) is 35.0 Å². The SMILES string of the molecule is Cc1nc(Oc2ccc(C(C)C)cc2)c2c3c(sc2n1)CCC3. The van der Waals surface area contributed by atoms with Gasteiger partial charge in [-0.15, -0.1) is 11.3 Å². The quantitative estimate of drug-likeness (QED) is 0.646. The molecular formula is C19H20N2OS. The molecule has 0 atom stereocenters. The van der Waals surface area contributed by atoms with Gasteiger partial charge in [-0.3, -0.25) is 0 Å². The second kappa shape index (κ2) is 5.60. The van der Waals surface area contributed by atoms with Crippen LogP contribution in [0, 0.1) is 6.92 Å². The van der Waals surface area contributed by atoms with Crippen LogP contribution in [0.15, 0.2) is 24.3 Å². The summed E-state index contributed by atoms with van der Waals surface area (Å²) in [5.74, 6) is 2.85. The van der Waals surface area contributed by atoms with Gasteiger partial charge in [0.25, 0.3) is 0 Å². The third-order valence-electron chi connectivity index (χ3n) is 4.40. The molecular weight excluding hydrogens is 304 g/mol. The van der Waals surface area contributed by atoms with E-state index in [0.29, 0.717) is 11.8 Å². The summed E-state index contributed by atoms with van der Waals surface area (Å²) in [7, 11) is 0. The molecule has 4 heteroatoms. The van der Waals surface area contributed by atoms with Crippen molar-refractivity contribution < 1.29 is 4.74 Å². The van der Waals surface area contributed by atoms with Crippen molar-refractivity contribution in [2.24, 2.45) is 0 Å². The molecule has 0 amide bonds. The number of fused-ring (bicyclic) bond motifs is 3. The fourth-order valence-corrected chi connectivity index (χ4v) is 4.47. The van der Waals surface area contributed by atoms with Crippen LogP contribution in [-0.2, 0) is 12.8 Å². The normalized spacial score (nSPS) is 13.7. The molecule has 0 saturated heterocycles. The highest BCUT2D eigenvalue weighted by Gasteiger charge is 2.22. The molecule has 1 aliphatic rings. The van der Waals surface area contributed by atoms with Crippen LogP contribution in [0.1, 0.15) is 48.0 Å². The lowest BCUT2D eigenvalue weighted by Gasteiger charge is -2.10. The van der Waals surface area contributed by atoms with E-state index in [4.69, 9.17) is 4.74 Å².